The smallest absolute Gasteiger partial charge is 0.240 e. The quantitative estimate of drug-likeness (QED) is 0.418. The van der Waals surface area contributed by atoms with Crippen LogP contribution in [0, 0.1) is 12.3 Å². The Morgan fingerprint density at radius 3 is 2.76 bits per heavy atom. The van der Waals surface area contributed by atoms with Gasteiger partial charge in [0.25, 0.3) is 0 Å². The molecule has 0 radical (unpaired) electrons. The van der Waals surface area contributed by atoms with E-state index in [-0.39, 0.29) is 22.4 Å². The summed E-state index contributed by atoms with van der Waals surface area (Å²) in [7, 11) is -3.66. The Morgan fingerprint density at radius 1 is 1.59 bits per heavy atom. The number of aromatic hydroxyl groups is 1. The SMILES string of the molecule is C#CCC(C)NS(=O)(=O)c1ccc(O)c(N)c1. The van der Waals surface area contributed by atoms with Crippen molar-refractivity contribution >= 4 is 15.7 Å². The molecule has 1 atom stereocenters. The molecule has 1 unspecified atom stereocenters. The van der Waals surface area contributed by atoms with Gasteiger partial charge in [0.2, 0.25) is 10.0 Å². The summed E-state index contributed by atoms with van der Waals surface area (Å²) in [5.74, 6) is 2.22. The molecule has 0 fully saturated rings. The number of phenols is 1. The van der Waals surface area contributed by atoms with Crippen molar-refractivity contribution in [3.63, 3.8) is 0 Å². The number of sulfonamides is 1. The van der Waals surface area contributed by atoms with Crippen LogP contribution in [0.5, 0.6) is 5.75 Å². The van der Waals surface area contributed by atoms with Gasteiger partial charge in [0, 0.05) is 12.5 Å². The molecule has 1 aromatic rings. The van der Waals surface area contributed by atoms with Crippen LogP contribution in [0.1, 0.15) is 13.3 Å². The van der Waals surface area contributed by atoms with E-state index < -0.39 is 10.0 Å². The predicted octanol–water partition coefficient (Wildman–Crippen LogP) is 0.665. The molecular formula is C11H14N2O3S. The molecule has 1 aromatic carbocycles. The van der Waals surface area contributed by atoms with E-state index in [0.29, 0.717) is 6.42 Å². The maximum Gasteiger partial charge on any atom is 0.240 e. The summed E-state index contributed by atoms with van der Waals surface area (Å²) >= 11 is 0. The molecule has 0 aliphatic carbocycles. The van der Waals surface area contributed by atoms with Crippen molar-refractivity contribution < 1.29 is 13.5 Å². The van der Waals surface area contributed by atoms with E-state index in [2.05, 4.69) is 10.6 Å². The first-order chi connectivity index (χ1) is 7.86. The van der Waals surface area contributed by atoms with Gasteiger partial charge in [-0.15, -0.1) is 12.3 Å². The van der Waals surface area contributed by atoms with Crippen molar-refractivity contribution in [3.05, 3.63) is 18.2 Å². The van der Waals surface area contributed by atoms with E-state index >= 15 is 0 Å². The fourth-order valence-corrected chi connectivity index (χ4v) is 2.53. The van der Waals surface area contributed by atoms with Crippen LogP contribution in [0.4, 0.5) is 5.69 Å². The number of nitrogens with one attached hydrogen (secondary N) is 1. The Hall–Kier alpha value is -1.71. The van der Waals surface area contributed by atoms with E-state index in [0.717, 1.165) is 0 Å². The number of benzene rings is 1. The third-order valence-corrected chi connectivity index (χ3v) is 3.68. The standard InChI is InChI=1S/C11H14N2O3S/c1-3-4-8(2)13-17(15,16)9-5-6-11(14)10(12)7-9/h1,5-8,13-14H,4,12H2,2H3. The Kier molecular flexibility index (Phi) is 3.99. The van der Waals surface area contributed by atoms with Gasteiger partial charge in [-0.1, -0.05) is 0 Å². The third kappa shape index (κ3) is 3.37. The molecule has 0 heterocycles. The summed E-state index contributed by atoms with van der Waals surface area (Å²) in [6.45, 7) is 1.67. The van der Waals surface area contributed by atoms with E-state index in [1.807, 2.05) is 0 Å². The molecule has 4 N–H and O–H groups in total. The second-order valence-electron chi connectivity index (χ2n) is 3.65. The lowest BCUT2D eigenvalue weighted by molar-refractivity contribution is 0.477. The Labute approximate surface area is 101 Å². The molecule has 92 valence electrons. The summed E-state index contributed by atoms with van der Waals surface area (Å²) in [6, 6.07) is 3.34. The minimum Gasteiger partial charge on any atom is -0.506 e. The molecule has 0 aromatic heterocycles. The van der Waals surface area contributed by atoms with Gasteiger partial charge >= 0.3 is 0 Å². The second-order valence-corrected chi connectivity index (χ2v) is 5.37. The lowest BCUT2D eigenvalue weighted by Gasteiger charge is -2.12. The Bertz CT molecular complexity index is 546. The lowest BCUT2D eigenvalue weighted by atomic mass is 10.3. The number of hydrogen-bond acceptors (Lipinski definition) is 4. The van der Waals surface area contributed by atoms with Crippen molar-refractivity contribution in [1.29, 1.82) is 0 Å². The summed E-state index contributed by atoms with van der Waals surface area (Å²) in [5, 5.41) is 9.21. The van der Waals surface area contributed by atoms with Gasteiger partial charge in [0.1, 0.15) is 5.75 Å². The summed E-state index contributed by atoms with van der Waals surface area (Å²) in [6.07, 6.45) is 5.39. The number of anilines is 1. The minimum absolute atomic E-state index is 0.00308. The predicted molar refractivity (Wildman–Crippen MR) is 65.8 cm³/mol. The zero-order valence-corrected chi connectivity index (χ0v) is 10.2. The van der Waals surface area contributed by atoms with Crippen molar-refractivity contribution in [1.82, 2.24) is 4.72 Å². The van der Waals surface area contributed by atoms with Crippen LogP contribution in [0.15, 0.2) is 23.1 Å². The highest BCUT2D eigenvalue weighted by Gasteiger charge is 2.17. The highest BCUT2D eigenvalue weighted by atomic mass is 32.2. The number of rotatable bonds is 4. The van der Waals surface area contributed by atoms with Crippen LogP contribution in [0.25, 0.3) is 0 Å². The lowest BCUT2D eigenvalue weighted by Crippen LogP contribution is -2.32. The molecule has 6 heteroatoms. The van der Waals surface area contributed by atoms with Crippen molar-refractivity contribution in [2.75, 3.05) is 5.73 Å². The van der Waals surface area contributed by atoms with Gasteiger partial charge in [0.15, 0.2) is 0 Å². The van der Waals surface area contributed by atoms with Crippen molar-refractivity contribution in [2.45, 2.75) is 24.3 Å². The molecule has 0 saturated heterocycles. The van der Waals surface area contributed by atoms with Gasteiger partial charge in [0.05, 0.1) is 10.6 Å². The van der Waals surface area contributed by atoms with Crippen LogP contribution < -0.4 is 10.5 Å². The van der Waals surface area contributed by atoms with E-state index in [1.54, 1.807) is 6.92 Å². The van der Waals surface area contributed by atoms with Crippen molar-refractivity contribution in [3.8, 4) is 18.1 Å². The van der Waals surface area contributed by atoms with Crippen LogP contribution in [-0.2, 0) is 10.0 Å². The van der Waals surface area contributed by atoms with Crippen molar-refractivity contribution in [2.24, 2.45) is 0 Å². The van der Waals surface area contributed by atoms with Crippen LogP contribution in [0.3, 0.4) is 0 Å². The Morgan fingerprint density at radius 2 is 2.24 bits per heavy atom. The molecule has 1 rings (SSSR count). The normalized spacial score (nSPS) is 12.9. The van der Waals surface area contributed by atoms with E-state index in [9.17, 15) is 13.5 Å². The number of terminal acetylenes is 1. The number of nitrogen functional groups attached to an aromatic ring is 1. The molecule has 0 saturated carbocycles. The molecular weight excluding hydrogens is 240 g/mol. The first-order valence-electron chi connectivity index (χ1n) is 4.91. The van der Waals surface area contributed by atoms with Gasteiger partial charge < -0.3 is 10.8 Å². The molecule has 0 amide bonds. The number of hydrogen-bond donors (Lipinski definition) is 3. The van der Waals surface area contributed by atoms with E-state index in [4.69, 9.17) is 12.2 Å². The summed E-state index contributed by atoms with van der Waals surface area (Å²) < 4.78 is 26.1. The first-order valence-corrected chi connectivity index (χ1v) is 6.39. The minimum atomic E-state index is -3.66. The van der Waals surface area contributed by atoms with Gasteiger partial charge in [-0.05, 0) is 25.1 Å². The summed E-state index contributed by atoms with van der Waals surface area (Å²) in [5.41, 5.74) is 5.44. The molecule has 0 bridgehead atoms. The summed E-state index contributed by atoms with van der Waals surface area (Å²) in [4.78, 5) is -0.00308. The number of nitrogens with two attached hydrogens (primary N) is 1. The largest absolute Gasteiger partial charge is 0.506 e. The fourth-order valence-electron chi connectivity index (χ4n) is 1.25. The molecule has 0 spiro atoms. The molecule has 17 heavy (non-hydrogen) atoms. The van der Waals surface area contributed by atoms with Crippen LogP contribution >= 0.6 is 0 Å². The zero-order chi connectivity index (χ0) is 13.1. The maximum atomic E-state index is 11.9. The Balaban J connectivity index is 2.98. The van der Waals surface area contributed by atoms with Crippen LogP contribution in [0.2, 0.25) is 0 Å². The van der Waals surface area contributed by atoms with Gasteiger partial charge in [-0.2, -0.15) is 0 Å². The maximum absolute atomic E-state index is 11.9. The molecule has 0 aliphatic rings. The molecule has 0 aliphatic heterocycles. The zero-order valence-electron chi connectivity index (χ0n) is 9.34. The topological polar surface area (TPSA) is 92.4 Å². The highest BCUT2D eigenvalue weighted by Crippen LogP contribution is 2.23. The average Bonchev–Trinajstić information content (AvgIpc) is 2.21. The van der Waals surface area contributed by atoms with Gasteiger partial charge in [-0.25, -0.2) is 13.1 Å². The molecule has 5 nitrogen and oxygen atoms in total. The average molecular weight is 254 g/mol. The van der Waals surface area contributed by atoms with Crippen LogP contribution in [-0.4, -0.2) is 19.6 Å². The van der Waals surface area contributed by atoms with Gasteiger partial charge in [-0.3, -0.25) is 0 Å². The van der Waals surface area contributed by atoms with E-state index in [1.165, 1.54) is 18.2 Å². The fraction of sp³-hybridized carbons (Fsp3) is 0.273. The highest BCUT2D eigenvalue weighted by molar-refractivity contribution is 7.89. The number of phenolic OH excluding ortho intramolecular Hbond substituents is 1. The second kappa shape index (κ2) is 5.08. The third-order valence-electron chi connectivity index (χ3n) is 2.09. The first kappa shape index (κ1) is 13.4. The monoisotopic (exact) mass is 254 g/mol.